The molecule has 4 rings (SSSR count). The summed E-state index contributed by atoms with van der Waals surface area (Å²) in [5.41, 5.74) is 2.69. The Kier molecular flexibility index (Phi) is 4.52. The Balaban J connectivity index is 1.95. The number of pyridine rings is 1. The number of anilines is 1. The van der Waals surface area contributed by atoms with E-state index < -0.39 is 0 Å². The van der Waals surface area contributed by atoms with Crippen molar-refractivity contribution >= 4 is 33.7 Å². The van der Waals surface area contributed by atoms with Gasteiger partial charge in [0.15, 0.2) is 0 Å². The Bertz CT molecular complexity index is 1000. The molecule has 6 nitrogen and oxygen atoms in total. The van der Waals surface area contributed by atoms with Crippen molar-refractivity contribution in [2.45, 2.75) is 33.0 Å². The van der Waals surface area contributed by atoms with Gasteiger partial charge in [-0.15, -0.1) is 0 Å². The topological polar surface area (TPSA) is 57.8 Å². The van der Waals surface area contributed by atoms with Crippen molar-refractivity contribution in [3.63, 3.8) is 0 Å². The van der Waals surface area contributed by atoms with Crippen LogP contribution in [-0.2, 0) is 16.5 Å². The summed E-state index contributed by atoms with van der Waals surface area (Å²) in [6, 6.07) is 10.2. The fourth-order valence-corrected chi connectivity index (χ4v) is 4.09. The Hall–Kier alpha value is -2.60. The van der Waals surface area contributed by atoms with Crippen molar-refractivity contribution in [2.75, 3.05) is 24.6 Å². The van der Waals surface area contributed by atoms with Crippen molar-refractivity contribution in [2.24, 2.45) is 7.05 Å². The van der Waals surface area contributed by atoms with Crippen LogP contribution < -0.4 is 9.88 Å². The van der Waals surface area contributed by atoms with Gasteiger partial charge in [0, 0.05) is 5.39 Å². The molecule has 0 bridgehead atoms. The summed E-state index contributed by atoms with van der Waals surface area (Å²) in [7, 11) is 2.04. The number of morpholine rings is 1. The Morgan fingerprint density at radius 1 is 1.22 bits per heavy atom. The van der Waals surface area contributed by atoms with Gasteiger partial charge in [-0.3, -0.25) is 9.47 Å². The molecule has 1 aliphatic rings. The van der Waals surface area contributed by atoms with E-state index in [4.69, 9.17) is 9.47 Å². The molecule has 1 aromatic carbocycles. The number of benzene rings is 1. The van der Waals surface area contributed by atoms with E-state index in [1.165, 1.54) is 0 Å². The number of hydrogen-bond donors (Lipinski definition) is 0. The highest BCUT2D eigenvalue weighted by Crippen LogP contribution is 2.30. The Morgan fingerprint density at radius 3 is 2.63 bits per heavy atom. The summed E-state index contributed by atoms with van der Waals surface area (Å²) in [4.78, 5) is 18.5. The number of H-pyrrole nitrogens is 1. The van der Waals surface area contributed by atoms with Crippen molar-refractivity contribution in [1.82, 2.24) is 4.57 Å². The van der Waals surface area contributed by atoms with Crippen LogP contribution in [0.4, 0.5) is 5.82 Å². The van der Waals surface area contributed by atoms with Crippen LogP contribution in [0.1, 0.15) is 31.1 Å². The first-order chi connectivity index (χ1) is 13.0. The summed E-state index contributed by atoms with van der Waals surface area (Å²) >= 11 is 0. The maximum atomic E-state index is 12.8. The van der Waals surface area contributed by atoms with Gasteiger partial charge in [0.1, 0.15) is 11.1 Å². The molecule has 6 heteroatoms. The molecule has 1 fully saturated rings. The minimum absolute atomic E-state index is 0.0976. The number of nitrogens with zero attached hydrogens (tertiary/aromatic N) is 2. The van der Waals surface area contributed by atoms with Crippen molar-refractivity contribution in [3.8, 4) is 0 Å². The lowest BCUT2D eigenvalue weighted by Crippen LogP contribution is -2.48. The van der Waals surface area contributed by atoms with Crippen molar-refractivity contribution < 1.29 is 19.3 Å². The Morgan fingerprint density at radius 2 is 1.93 bits per heavy atom. The van der Waals surface area contributed by atoms with E-state index in [1.54, 1.807) is 0 Å². The van der Waals surface area contributed by atoms with Crippen LogP contribution in [-0.4, -0.2) is 42.4 Å². The maximum absolute atomic E-state index is 12.8. The molecule has 3 heterocycles. The second kappa shape index (κ2) is 6.85. The molecule has 27 heavy (non-hydrogen) atoms. The van der Waals surface area contributed by atoms with E-state index in [0.717, 1.165) is 40.8 Å². The van der Waals surface area contributed by atoms with Gasteiger partial charge in [-0.25, -0.2) is 9.78 Å². The first-order valence-electron chi connectivity index (χ1n) is 9.50. The van der Waals surface area contributed by atoms with Gasteiger partial charge in [-0.2, -0.15) is 0 Å². The molecule has 0 spiro atoms. The average molecular weight is 368 g/mol. The fraction of sp³-hybridized carbons (Fsp3) is 0.429. The molecule has 142 valence electrons. The molecule has 0 saturated carbocycles. The monoisotopic (exact) mass is 368 g/mol. The Labute approximate surface area is 158 Å². The van der Waals surface area contributed by atoms with Crippen LogP contribution in [0.3, 0.4) is 0 Å². The third-order valence-corrected chi connectivity index (χ3v) is 5.16. The molecular weight excluding hydrogens is 342 g/mol. The predicted molar refractivity (Wildman–Crippen MR) is 105 cm³/mol. The summed E-state index contributed by atoms with van der Waals surface area (Å²) in [5, 5.41) is 2.14. The van der Waals surface area contributed by atoms with E-state index in [2.05, 4.69) is 40.4 Å². The molecule has 1 N–H and O–H groups in total. The van der Waals surface area contributed by atoms with E-state index >= 15 is 0 Å². The van der Waals surface area contributed by atoms with E-state index in [9.17, 15) is 4.79 Å². The van der Waals surface area contributed by atoms with Crippen molar-refractivity contribution in [3.05, 3.63) is 35.9 Å². The lowest BCUT2D eigenvalue weighted by atomic mass is 10.1. The molecule has 0 aliphatic carbocycles. The summed E-state index contributed by atoms with van der Waals surface area (Å²) < 4.78 is 13.4. The highest BCUT2D eigenvalue weighted by molar-refractivity contribution is 6.08. The lowest BCUT2D eigenvalue weighted by molar-refractivity contribution is -0.336. The number of fused-ring (bicyclic) bond motifs is 3. The largest absolute Gasteiger partial charge is 0.462 e. The zero-order chi connectivity index (χ0) is 19.1. The zero-order valence-corrected chi connectivity index (χ0v) is 16.3. The minimum Gasteiger partial charge on any atom is -0.462 e. The van der Waals surface area contributed by atoms with Gasteiger partial charge in [0.2, 0.25) is 11.5 Å². The molecule has 3 aromatic rings. The quantitative estimate of drug-likeness (QED) is 0.667. The summed E-state index contributed by atoms with van der Waals surface area (Å²) in [6.07, 6.45) is 0.195. The van der Waals surface area contributed by atoms with Crippen molar-refractivity contribution in [1.29, 1.82) is 0 Å². The van der Waals surface area contributed by atoms with Gasteiger partial charge < -0.3 is 9.47 Å². The third-order valence-electron chi connectivity index (χ3n) is 5.16. The highest BCUT2D eigenvalue weighted by Gasteiger charge is 2.32. The molecule has 0 radical (unpaired) electrons. The standard InChI is InChI=1S/C21H25N3O3/c1-5-26-21(25)17-10-16-15-8-6-7-9-18(15)23(4)19(16)22-20(17)24-11-13(2)27-14(3)12-24/h6-10,13-14H,5,11-12H2,1-4H3/p+1/t13-,14-/m0/s1. The molecule has 1 aliphatic heterocycles. The summed E-state index contributed by atoms with van der Waals surface area (Å²) in [6.45, 7) is 7.74. The van der Waals surface area contributed by atoms with Gasteiger partial charge in [-0.1, -0.05) is 18.2 Å². The van der Waals surface area contributed by atoms with Gasteiger partial charge >= 0.3 is 5.97 Å². The molecule has 2 atom stereocenters. The maximum Gasteiger partial charge on any atom is 0.344 e. The first-order valence-corrected chi connectivity index (χ1v) is 9.50. The number of carbonyl (C=O) groups is 1. The number of hydrogen-bond acceptors (Lipinski definition) is 4. The number of aryl methyl sites for hydroxylation is 1. The fourth-order valence-electron chi connectivity index (χ4n) is 4.09. The number of ether oxygens (including phenoxy) is 2. The van der Waals surface area contributed by atoms with Gasteiger partial charge in [-0.05, 0) is 32.9 Å². The molecule has 2 aromatic heterocycles. The zero-order valence-electron chi connectivity index (χ0n) is 16.3. The highest BCUT2D eigenvalue weighted by atomic mass is 16.5. The molecular formula is C21H26N3O3+. The smallest absolute Gasteiger partial charge is 0.344 e. The average Bonchev–Trinajstić information content (AvgIpc) is 2.92. The third kappa shape index (κ3) is 3.04. The number of rotatable bonds is 3. The number of carbonyl (C=O) groups excluding carboxylic acids is 1. The van der Waals surface area contributed by atoms with E-state index in [0.29, 0.717) is 12.2 Å². The minimum atomic E-state index is -0.301. The second-order valence-corrected chi connectivity index (χ2v) is 7.25. The SMILES string of the molecule is CCOC(=O)c1cc2c3ccccc3n(C)c2[nH+]c1N1C[C@H](C)O[C@@H](C)C1. The van der Waals surface area contributed by atoms with E-state index in [1.807, 2.05) is 32.2 Å². The van der Waals surface area contributed by atoms with Crippen LogP contribution >= 0.6 is 0 Å². The van der Waals surface area contributed by atoms with Gasteiger partial charge in [0.25, 0.3) is 0 Å². The first kappa shape index (κ1) is 17.8. The normalized spacial score (nSPS) is 20.4. The van der Waals surface area contributed by atoms with Crippen LogP contribution in [0.25, 0.3) is 21.9 Å². The second-order valence-electron chi connectivity index (χ2n) is 7.25. The number of esters is 1. The van der Waals surface area contributed by atoms with E-state index in [-0.39, 0.29) is 18.2 Å². The number of nitrogens with one attached hydrogen (secondary N) is 1. The van der Waals surface area contributed by atoms with Crippen LogP contribution in [0.2, 0.25) is 0 Å². The van der Waals surface area contributed by atoms with Crippen LogP contribution in [0.5, 0.6) is 0 Å². The number of aromatic nitrogens is 2. The number of aromatic amines is 1. The number of para-hydroxylation sites is 1. The molecule has 1 saturated heterocycles. The predicted octanol–water partition coefficient (Wildman–Crippen LogP) is 2.94. The van der Waals surface area contributed by atoms with Crippen LogP contribution in [0.15, 0.2) is 30.3 Å². The van der Waals surface area contributed by atoms with Gasteiger partial charge in [0.05, 0.1) is 44.3 Å². The lowest BCUT2D eigenvalue weighted by Gasteiger charge is -2.33. The van der Waals surface area contributed by atoms with Crippen LogP contribution in [0, 0.1) is 0 Å². The molecule has 0 amide bonds. The molecule has 0 unspecified atom stereocenters. The summed E-state index contributed by atoms with van der Waals surface area (Å²) in [5.74, 6) is 0.499.